The summed E-state index contributed by atoms with van der Waals surface area (Å²) in [6.45, 7) is 2.37. The van der Waals surface area contributed by atoms with E-state index >= 15 is 0 Å². The number of amides is 1. The standard InChI is InChI=1S/C23H23ClN2O4/c1-4-30-23(28)19(22(27)25-2)13-18-17-7-5-6-8-20(17)26(21(18)24)14-15-9-11-16(29-3)12-10-15/h5-13H,4,14H2,1-3H3,(H,25,27). The lowest BCUT2D eigenvalue weighted by molar-refractivity contribution is -0.140. The molecule has 0 aliphatic carbocycles. The normalized spacial score (nSPS) is 11.4. The number of fused-ring (bicyclic) bond motifs is 1. The van der Waals surface area contributed by atoms with Gasteiger partial charge in [0.05, 0.1) is 19.2 Å². The van der Waals surface area contributed by atoms with Crippen molar-refractivity contribution in [2.75, 3.05) is 20.8 Å². The fourth-order valence-electron chi connectivity index (χ4n) is 3.21. The number of benzene rings is 2. The number of nitrogens with zero attached hydrogens (tertiary/aromatic N) is 1. The van der Waals surface area contributed by atoms with Crippen molar-refractivity contribution in [2.24, 2.45) is 0 Å². The molecule has 0 saturated carbocycles. The van der Waals surface area contributed by atoms with Gasteiger partial charge in [0.2, 0.25) is 0 Å². The Morgan fingerprint density at radius 2 is 1.83 bits per heavy atom. The van der Waals surface area contributed by atoms with Gasteiger partial charge in [-0.15, -0.1) is 0 Å². The summed E-state index contributed by atoms with van der Waals surface area (Å²) in [5.41, 5.74) is 2.41. The number of hydrogen-bond donors (Lipinski definition) is 1. The molecule has 1 N–H and O–H groups in total. The summed E-state index contributed by atoms with van der Waals surface area (Å²) in [6.07, 6.45) is 1.49. The molecule has 0 aliphatic rings. The van der Waals surface area contributed by atoms with Crippen LogP contribution in [0.5, 0.6) is 5.75 Å². The van der Waals surface area contributed by atoms with Crippen molar-refractivity contribution in [3.8, 4) is 5.75 Å². The number of likely N-dealkylation sites (N-methyl/N-ethyl adjacent to an activating group) is 1. The first-order valence-electron chi connectivity index (χ1n) is 9.50. The molecule has 0 atom stereocenters. The van der Waals surface area contributed by atoms with Gasteiger partial charge < -0.3 is 19.4 Å². The number of carbonyl (C=O) groups excluding carboxylic acids is 2. The number of halogens is 1. The van der Waals surface area contributed by atoms with Gasteiger partial charge in [-0.1, -0.05) is 41.9 Å². The van der Waals surface area contributed by atoms with Crippen LogP contribution in [-0.2, 0) is 20.9 Å². The number of hydrogen-bond acceptors (Lipinski definition) is 4. The van der Waals surface area contributed by atoms with E-state index in [1.54, 1.807) is 14.0 Å². The molecule has 6 nitrogen and oxygen atoms in total. The van der Waals surface area contributed by atoms with E-state index in [-0.39, 0.29) is 12.2 Å². The lowest BCUT2D eigenvalue weighted by atomic mass is 10.1. The van der Waals surface area contributed by atoms with Gasteiger partial charge in [-0.05, 0) is 36.8 Å². The van der Waals surface area contributed by atoms with E-state index in [0.29, 0.717) is 17.3 Å². The minimum Gasteiger partial charge on any atom is -0.497 e. The maximum atomic E-state index is 12.3. The Balaban J connectivity index is 2.12. The van der Waals surface area contributed by atoms with Crippen molar-refractivity contribution in [3.63, 3.8) is 0 Å². The highest BCUT2D eigenvalue weighted by Gasteiger charge is 2.22. The summed E-state index contributed by atoms with van der Waals surface area (Å²) >= 11 is 6.74. The van der Waals surface area contributed by atoms with E-state index in [0.717, 1.165) is 22.2 Å². The Hall–Kier alpha value is -3.25. The number of para-hydroxylation sites is 1. The van der Waals surface area contributed by atoms with E-state index in [1.165, 1.54) is 13.1 Å². The summed E-state index contributed by atoms with van der Waals surface area (Å²) in [7, 11) is 3.08. The molecule has 0 spiro atoms. The molecule has 0 unspecified atom stereocenters. The van der Waals surface area contributed by atoms with Crippen LogP contribution in [0.3, 0.4) is 0 Å². The van der Waals surface area contributed by atoms with E-state index < -0.39 is 11.9 Å². The number of esters is 1. The Morgan fingerprint density at radius 3 is 2.47 bits per heavy atom. The number of nitrogens with one attached hydrogen (secondary N) is 1. The van der Waals surface area contributed by atoms with Gasteiger partial charge in [-0.25, -0.2) is 4.79 Å². The minimum absolute atomic E-state index is 0.103. The molecule has 0 radical (unpaired) electrons. The van der Waals surface area contributed by atoms with Crippen molar-refractivity contribution < 1.29 is 19.1 Å². The second kappa shape index (κ2) is 9.50. The van der Waals surface area contributed by atoms with Crippen LogP contribution in [0.15, 0.2) is 54.1 Å². The molecule has 3 aromatic rings. The number of methoxy groups -OCH3 is 1. The summed E-state index contributed by atoms with van der Waals surface area (Å²) in [6, 6.07) is 15.4. The first kappa shape index (κ1) is 21.5. The predicted molar refractivity (Wildman–Crippen MR) is 118 cm³/mol. The minimum atomic E-state index is -0.695. The topological polar surface area (TPSA) is 69.6 Å². The highest BCUT2D eigenvalue weighted by molar-refractivity contribution is 6.34. The maximum absolute atomic E-state index is 12.3. The molecule has 1 aromatic heterocycles. The van der Waals surface area contributed by atoms with Crippen molar-refractivity contribution >= 4 is 40.5 Å². The maximum Gasteiger partial charge on any atom is 0.343 e. The zero-order chi connectivity index (χ0) is 21.7. The fourth-order valence-corrected chi connectivity index (χ4v) is 3.52. The van der Waals surface area contributed by atoms with Crippen molar-refractivity contribution in [1.29, 1.82) is 0 Å². The average Bonchev–Trinajstić information content (AvgIpc) is 3.03. The van der Waals surface area contributed by atoms with Crippen LogP contribution in [0.25, 0.3) is 17.0 Å². The van der Waals surface area contributed by atoms with Crippen LogP contribution in [0.1, 0.15) is 18.1 Å². The van der Waals surface area contributed by atoms with Gasteiger partial charge in [-0.2, -0.15) is 0 Å². The molecule has 1 amide bonds. The molecule has 3 rings (SSSR count). The van der Waals surface area contributed by atoms with Gasteiger partial charge >= 0.3 is 5.97 Å². The predicted octanol–water partition coefficient (Wildman–Crippen LogP) is 4.04. The second-order valence-electron chi connectivity index (χ2n) is 6.51. The molecular weight excluding hydrogens is 404 g/mol. The Labute approximate surface area is 180 Å². The third-order valence-corrected chi connectivity index (χ3v) is 5.11. The molecular formula is C23H23ClN2O4. The third kappa shape index (κ3) is 4.33. The first-order chi connectivity index (χ1) is 14.5. The Kier molecular flexibility index (Phi) is 6.79. The number of rotatable bonds is 7. The number of aromatic nitrogens is 1. The molecule has 2 aromatic carbocycles. The van der Waals surface area contributed by atoms with Crippen LogP contribution < -0.4 is 10.1 Å². The average molecular weight is 427 g/mol. The van der Waals surface area contributed by atoms with E-state index in [9.17, 15) is 9.59 Å². The van der Waals surface area contributed by atoms with E-state index in [4.69, 9.17) is 21.1 Å². The third-order valence-electron chi connectivity index (χ3n) is 4.70. The number of carbonyl (C=O) groups is 2. The van der Waals surface area contributed by atoms with E-state index in [2.05, 4.69) is 5.32 Å². The van der Waals surface area contributed by atoms with Crippen molar-refractivity contribution in [2.45, 2.75) is 13.5 Å². The van der Waals surface area contributed by atoms with Gasteiger partial charge in [0.1, 0.15) is 16.5 Å². The molecule has 0 aliphatic heterocycles. The van der Waals surface area contributed by atoms with Gasteiger partial charge in [0.25, 0.3) is 5.91 Å². The van der Waals surface area contributed by atoms with Crippen LogP contribution in [0.4, 0.5) is 0 Å². The zero-order valence-electron chi connectivity index (χ0n) is 17.1. The summed E-state index contributed by atoms with van der Waals surface area (Å²) in [5, 5.41) is 3.74. The lowest BCUT2D eigenvalue weighted by Crippen LogP contribution is -2.26. The van der Waals surface area contributed by atoms with E-state index in [1.807, 2.05) is 53.1 Å². The van der Waals surface area contributed by atoms with Gasteiger partial charge in [-0.3, -0.25) is 4.79 Å². The highest BCUT2D eigenvalue weighted by atomic mass is 35.5. The van der Waals surface area contributed by atoms with Gasteiger partial charge in [0.15, 0.2) is 0 Å². The number of ether oxygens (including phenoxy) is 2. The van der Waals surface area contributed by atoms with Crippen LogP contribution in [0, 0.1) is 0 Å². The largest absolute Gasteiger partial charge is 0.497 e. The molecule has 0 saturated heterocycles. The Bertz CT molecular complexity index is 1100. The SMILES string of the molecule is CCOC(=O)C(=Cc1c(Cl)n(Cc2ccc(OC)cc2)c2ccccc12)C(=O)NC. The van der Waals surface area contributed by atoms with Crippen molar-refractivity contribution in [3.05, 3.63) is 70.4 Å². The summed E-state index contributed by atoms with van der Waals surface area (Å²) in [4.78, 5) is 24.6. The molecule has 156 valence electrons. The Morgan fingerprint density at radius 1 is 1.13 bits per heavy atom. The second-order valence-corrected chi connectivity index (χ2v) is 6.87. The van der Waals surface area contributed by atoms with Crippen LogP contribution >= 0.6 is 11.6 Å². The molecule has 1 heterocycles. The van der Waals surface area contributed by atoms with Gasteiger partial charge in [0, 0.05) is 24.5 Å². The van der Waals surface area contributed by atoms with Crippen LogP contribution in [-0.4, -0.2) is 37.2 Å². The first-order valence-corrected chi connectivity index (χ1v) is 9.88. The lowest BCUT2D eigenvalue weighted by Gasteiger charge is -2.09. The quantitative estimate of drug-likeness (QED) is 0.268. The molecule has 0 bridgehead atoms. The smallest absolute Gasteiger partial charge is 0.343 e. The molecule has 30 heavy (non-hydrogen) atoms. The summed E-state index contributed by atoms with van der Waals surface area (Å²) in [5.74, 6) is -0.452. The highest BCUT2D eigenvalue weighted by Crippen LogP contribution is 2.33. The monoisotopic (exact) mass is 426 g/mol. The fraction of sp³-hybridized carbons (Fsp3) is 0.217. The van der Waals surface area contributed by atoms with Crippen LogP contribution in [0.2, 0.25) is 5.15 Å². The zero-order valence-corrected chi connectivity index (χ0v) is 17.8. The molecule has 0 fully saturated rings. The van der Waals surface area contributed by atoms with Crippen molar-refractivity contribution in [1.82, 2.24) is 9.88 Å². The summed E-state index contributed by atoms with van der Waals surface area (Å²) < 4.78 is 12.2. The molecule has 7 heteroatoms.